The predicted molar refractivity (Wildman–Crippen MR) is 97.9 cm³/mol. The minimum Gasteiger partial charge on any atom is -0.497 e. The van der Waals surface area contributed by atoms with Crippen molar-refractivity contribution in [1.82, 2.24) is 25.1 Å². The Labute approximate surface area is 155 Å². The van der Waals surface area contributed by atoms with Crippen LogP contribution in [0.2, 0.25) is 0 Å². The molecular formula is C19H17N5O3. The van der Waals surface area contributed by atoms with Gasteiger partial charge in [0.05, 0.1) is 25.6 Å². The highest BCUT2D eigenvalue weighted by Gasteiger charge is 2.19. The van der Waals surface area contributed by atoms with Crippen LogP contribution >= 0.6 is 0 Å². The maximum atomic E-state index is 5.42. The summed E-state index contributed by atoms with van der Waals surface area (Å²) in [5, 5.41) is 12.5. The van der Waals surface area contributed by atoms with Gasteiger partial charge in [0.15, 0.2) is 5.69 Å². The Hall–Kier alpha value is -3.68. The van der Waals surface area contributed by atoms with E-state index in [4.69, 9.17) is 14.0 Å². The van der Waals surface area contributed by atoms with Crippen molar-refractivity contribution in [2.24, 2.45) is 0 Å². The Morgan fingerprint density at radius 2 is 1.67 bits per heavy atom. The molecule has 2 heterocycles. The second-order valence-corrected chi connectivity index (χ2v) is 5.80. The van der Waals surface area contributed by atoms with E-state index >= 15 is 0 Å². The number of benzene rings is 2. The van der Waals surface area contributed by atoms with Crippen molar-refractivity contribution in [3.63, 3.8) is 0 Å². The van der Waals surface area contributed by atoms with E-state index < -0.39 is 0 Å². The van der Waals surface area contributed by atoms with Crippen molar-refractivity contribution in [3.05, 3.63) is 54.2 Å². The summed E-state index contributed by atoms with van der Waals surface area (Å²) in [5.41, 5.74) is 2.98. The number of ether oxygens (including phenoxy) is 2. The van der Waals surface area contributed by atoms with Crippen LogP contribution in [0.3, 0.4) is 0 Å². The van der Waals surface area contributed by atoms with Gasteiger partial charge in [-0.25, -0.2) is 4.68 Å². The molecule has 0 spiro atoms. The van der Waals surface area contributed by atoms with Crippen molar-refractivity contribution in [1.29, 1.82) is 0 Å². The Balaban J connectivity index is 1.71. The van der Waals surface area contributed by atoms with Crippen LogP contribution in [0.5, 0.6) is 11.5 Å². The molecule has 8 heteroatoms. The van der Waals surface area contributed by atoms with Gasteiger partial charge in [-0.15, -0.1) is 5.10 Å². The van der Waals surface area contributed by atoms with Gasteiger partial charge in [-0.1, -0.05) is 28.6 Å². The monoisotopic (exact) mass is 363 g/mol. The smallest absolute Gasteiger partial charge is 0.258 e. The molecule has 0 bridgehead atoms. The molecule has 0 atom stereocenters. The lowest BCUT2D eigenvalue weighted by Gasteiger charge is -2.05. The highest BCUT2D eigenvalue weighted by Crippen LogP contribution is 2.30. The number of hydrogen-bond donors (Lipinski definition) is 0. The molecule has 0 N–H and O–H groups in total. The lowest BCUT2D eigenvalue weighted by Crippen LogP contribution is -1.98. The minimum atomic E-state index is 0.343. The molecule has 136 valence electrons. The van der Waals surface area contributed by atoms with Gasteiger partial charge in [-0.05, 0) is 31.2 Å². The van der Waals surface area contributed by atoms with Crippen molar-refractivity contribution in [2.45, 2.75) is 6.92 Å². The third-order valence-corrected chi connectivity index (χ3v) is 4.13. The SMILES string of the molecule is COc1cc(OC)cc(-c2nc(-c3nnn(-c4ccccc4)c3C)no2)c1. The first-order chi connectivity index (χ1) is 13.2. The topological polar surface area (TPSA) is 88.1 Å². The van der Waals surface area contributed by atoms with E-state index in [1.54, 1.807) is 37.1 Å². The summed E-state index contributed by atoms with van der Waals surface area (Å²) in [6, 6.07) is 15.1. The van der Waals surface area contributed by atoms with Crippen LogP contribution in [0.25, 0.3) is 28.7 Å². The van der Waals surface area contributed by atoms with E-state index in [9.17, 15) is 0 Å². The van der Waals surface area contributed by atoms with Gasteiger partial charge < -0.3 is 14.0 Å². The number of rotatable bonds is 5. The summed E-state index contributed by atoms with van der Waals surface area (Å²) in [5.74, 6) is 1.98. The number of aromatic nitrogens is 5. The first-order valence-corrected chi connectivity index (χ1v) is 8.25. The Morgan fingerprint density at radius 1 is 0.963 bits per heavy atom. The molecule has 0 unspecified atom stereocenters. The number of nitrogens with zero attached hydrogens (tertiary/aromatic N) is 5. The van der Waals surface area contributed by atoms with E-state index in [1.807, 2.05) is 37.3 Å². The zero-order valence-electron chi connectivity index (χ0n) is 15.1. The maximum Gasteiger partial charge on any atom is 0.258 e. The minimum absolute atomic E-state index is 0.343. The summed E-state index contributed by atoms with van der Waals surface area (Å²) in [4.78, 5) is 4.46. The summed E-state index contributed by atoms with van der Waals surface area (Å²) in [6.07, 6.45) is 0. The molecule has 4 aromatic rings. The second-order valence-electron chi connectivity index (χ2n) is 5.80. The van der Waals surface area contributed by atoms with E-state index in [-0.39, 0.29) is 0 Å². The van der Waals surface area contributed by atoms with Gasteiger partial charge in [-0.2, -0.15) is 4.98 Å². The summed E-state index contributed by atoms with van der Waals surface area (Å²) < 4.78 is 17.7. The third-order valence-electron chi connectivity index (χ3n) is 4.13. The zero-order valence-corrected chi connectivity index (χ0v) is 15.1. The maximum absolute atomic E-state index is 5.42. The van der Waals surface area contributed by atoms with Crippen LogP contribution in [-0.2, 0) is 0 Å². The molecule has 0 aliphatic rings. The molecular weight excluding hydrogens is 346 g/mol. The average Bonchev–Trinajstić information content (AvgIpc) is 3.35. The number of para-hydroxylation sites is 1. The quantitative estimate of drug-likeness (QED) is 0.537. The molecule has 0 radical (unpaired) electrons. The second kappa shape index (κ2) is 6.91. The molecule has 2 aromatic carbocycles. The summed E-state index contributed by atoms with van der Waals surface area (Å²) in [6.45, 7) is 1.91. The molecule has 0 fully saturated rings. The van der Waals surface area contributed by atoms with E-state index in [2.05, 4.69) is 20.5 Å². The number of hydrogen-bond acceptors (Lipinski definition) is 7. The first kappa shape index (κ1) is 16.8. The molecule has 0 amide bonds. The Bertz CT molecular complexity index is 1050. The highest BCUT2D eigenvalue weighted by atomic mass is 16.5. The van der Waals surface area contributed by atoms with Crippen molar-refractivity contribution in [2.75, 3.05) is 14.2 Å². The van der Waals surface area contributed by atoms with Crippen molar-refractivity contribution < 1.29 is 14.0 Å². The third kappa shape index (κ3) is 3.12. The fraction of sp³-hybridized carbons (Fsp3) is 0.158. The van der Waals surface area contributed by atoms with Gasteiger partial charge in [0.25, 0.3) is 5.89 Å². The van der Waals surface area contributed by atoms with Crippen LogP contribution in [0.1, 0.15) is 5.69 Å². The predicted octanol–water partition coefficient (Wildman–Crippen LogP) is 3.31. The standard InChI is InChI=1S/C19H17N5O3/c1-12-17(21-23-24(12)14-7-5-4-6-8-14)18-20-19(27-22-18)13-9-15(25-2)11-16(10-13)26-3/h4-11H,1-3H3. The van der Waals surface area contributed by atoms with E-state index in [0.717, 1.165) is 11.4 Å². The fourth-order valence-electron chi connectivity index (χ4n) is 2.72. The van der Waals surface area contributed by atoms with E-state index in [0.29, 0.717) is 34.5 Å². The first-order valence-electron chi connectivity index (χ1n) is 8.25. The zero-order chi connectivity index (χ0) is 18.8. The molecule has 0 saturated carbocycles. The molecule has 0 aliphatic carbocycles. The molecule has 4 rings (SSSR count). The average molecular weight is 363 g/mol. The highest BCUT2D eigenvalue weighted by molar-refractivity contribution is 5.62. The summed E-state index contributed by atoms with van der Waals surface area (Å²) >= 11 is 0. The van der Waals surface area contributed by atoms with Crippen LogP contribution in [0.15, 0.2) is 53.1 Å². The van der Waals surface area contributed by atoms with Gasteiger partial charge in [0.2, 0.25) is 5.82 Å². The van der Waals surface area contributed by atoms with Crippen molar-refractivity contribution >= 4 is 0 Å². The fourth-order valence-corrected chi connectivity index (χ4v) is 2.72. The van der Waals surface area contributed by atoms with Gasteiger partial charge in [-0.3, -0.25) is 0 Å². The normalized spacial score (nSPS) is 10.8. The van der Waals surface area contributed by atoms with Gasteiger partial charge >= 0.3 is 0 Å². The van der Waals surface area contributed by atoms with Gasteiger partial charge in [0.1, 0.15) is 11.5 Å². The van der Waals surface area contributed by atoms with Crippen molar-refractivity contribution in [3.8, 4) is 40.2 Å². The summed E-state index contributed by atoms with van der Waals surface area (Å²) in [7, 11) is 3.17. The van der Waals surface area contributed by atoms with Crippen LogP contribution in [-0.4, -0.2) is 39.4 Å². The Kier molecular flexibility index (Phi) is 4.29. The molecule has 0 aliphatic heterocycles. The lowest BCUT2D eigenvalue weighted by molar-refractivity contribution is 0.393. The van der Waals surface area contributed by atoms with Crippen LogP contribution in [0, 0.1) is 6.92 Å². The van der Waals surface area contributed by atoms with Crippen LogP contribution in [0.4, 0.5) is 0 Å². The molecule has 27 heavy (non-hydrogen) atoms. The van der Waals surface area contributed by atoms with Gasteiger partial charge in [0, 0.05) is 11.6 Å². The Morgan fingerprint density at radius 3 is 2.33 bits per heavy atom. The molecule has 2 aromatic heterocycles. The number of methoxy groups -OCH3 is 2. The molecule has 0 saturated heterocycles. The largest absolute Gasteiger partial charge is 0.497 e. The van der Waals surface area contributed by atoms with Crippen LogP contribution < -0.4 is 9.47 Å². The molecule has 8 nitrogen and oxygen atoms in total. The lowest BCUT2D eigenvalue weighted by atomic mass is 10.2. The van der Waals surface area contributed by atoms with E-state index in [1.165, 1.54) is 0 Å².